The van der Waals surface area contributed by atoms with Gasteiger partial charge in [-0.25, -0.2) is 4.39 Å². The lowest BCUT2D eigenvalue weighted by Gasteiger charge is -2.26. The zero-order valence-corrected chi connectivity index (χ0v) is 17.0. The van der Waals surface area contributed by atoms with Crippen LogP contribution in [0.2, 0.25) is 0 Å². The van der Waals surface area contributed by atoms with Gasteiger partial charge in [-0.05, 0) is 58.6 Å². The highest BCUT2D eigenvalue weighted by molar-refractivity contribution is 6.46. The van der Waals surface area contributed by atoms with Crippen LogP contribution in [-0.2, 0) is 9.59 Å². The highest BCUT2D eigenvalue weighted by Crippen LogP contribution is 2.40. The Labute approximate surface area is 168 Å². The van der Waals surface area contributed by atoms with Crippen molar-refractivity contribution in [3.05, 3.63) is 58.2 Å². The van der Waals surface area contributed by atoms with Gasteiger partial charge in [-0.2, -0.15) is 5.10 Å². The second-order valence-corrected chi connectivity index (χ2v) is 7.51. The van der Waals surface area contributed by atoms with Crippen LogP contribution in [0.3, 0.4) is 0 Å². The Hall–Kier alpha value is -3.00. The number of rotatable bonds is 6. The lowest BCUT2D eigenvalue weighted by molar-refractivity contribution is -0.139. The second kappa shape index (κ2) is 8.16. The van der Waals surface area contributed by atoms with Crippen LogP contribution < -0.4 is 0 Å². The Morgan fingerprint density at radius 3 is 2.45 bits per heavy atom. The minimum atomic E-state index is -0.786. The first kappa shape index (κ1) is 20.7. The minimum absolute atomic E-state index is 0.000869. The van der Waals surface area contributed by atoms with Crippen LogP contribution in [0.4, 0.5) is 4.39 Å². The summed E-state index contributed by atoms with van der Waals surface area (Å²) in [5, 5.41) is 17.9. The number of aliphatic hydroxyl groups is 1. The van der Waals surface area contributed by atoms with E-state index < -0.39 is 23.5 Å². The van der Waals surface area contributed by atoms with Crippen LogP contribution in [0.25, 0.3) is 5.76 Å². The third-order valence-corrected chi connectivity index (χ3v) is 5.09. The fourth-order valence-corrected chi connectivity index (χ4v) is 3.69. The van der Waals surface area contributed by atoms with Gasteiger partial charge in [0.05, 0.1) is 22.9 Å². The molecule has 1 unspecified atom stereocenters. The molecule has 0 saturated carbocycles. The molecule has 1 saturated heterocycles. The van der Waals surface area contributed by atoms with E-state index in [0.717, 1.165) is 6.54 Å². The zero-order valence-electron chi connectivity index (χ0n) is 17.0. The highest BCUT2D eigenvalue weighted by atomic mass is 19.1. The number of aliphatic hydroxyl groups excluding tert-OH is 1. The number of H-pyrrole nitrogens is 1. The fourth-order valence-electron chi connectivity index (χ4n) is 3.69. The average Bonchev–Trinajstić information content (AvgIpc) is 3.13. The molecule has 0 aliphatic carbocycles. The van der Waals surface area contributed by atoms with Crippen molar-refractivity contribution in [2.24, 2.45) is 0 Å². The first-order valence-corrected chi connectivity index (χ1v) is 9.43. The Morgan fingerprint density at radius 1 is 1.24 bits per heavy atom. The monoisotopic (exact) mass is 400 g/mol. The number of halogens is 1. The van der Waals surface area contributed by atoms with Crippen LogP contribution in [0.1, 0.15) is 35.0 Å². The molecule has 2 aromatic rings. The van der Waals surface area contributed by atoms with E-state index in [1.807, 2.05) is 19.0 Å². The number of Topliss-reactive ketones (excluding diaryl/α,β-unsaturated/α-hetero) is 1. The Kier molecular flexibility index (Phi) is 5.83. The largest absolute Gasteiger partial charge is 0.507 e. The van der Waals surface area contributed by atoms with Gasteiger partial charge < -0.3 is 14.9 Å². The Balaban J connectivity index is 2.12. The summed E-state index contributed by atoms with van der Waals surface area (Å²) in [5.74, 6) is -2.10. The lowest BCUT2D eigenvalue weighted by Crippen LogP contribution is -2.32. The summed E-state index contributed by atoms with van der Waals surface area (Å²) in [5.41, 5.74) is 2.09. The molecule has 1 fully saturated rings. The molecule has 1 aromatic heterocycles. The van der Waals surface area contributed by atoms with E-state index in [1.54, 1.807) is 13.8 Å². The van der Waals surface area contributed by atoms with Gasteiger partial charge in [0.15, 0.2) is 0 Å². The molecule has 2 heterocycles. The molecule has 0 radical (unpaired) electrons. The molecule has 29 heavy (non-hydrogen) atoms. The number of ketones is 1. The number of carbonyl (C=O) groups is 2. The fraction of sp³-hybridized carbons (Fsp3) is 0.381. The number of carbonyl (C=O) groups excluding carboxylic acids is 2. The molecule has 0 spiro atoms. The number of likely N-dealkylation sites (tertiary alicyclic amines) is 1. The summed E-state index contributed by atoms with van der Waals surface area (Å²) in [7, 11) is 3.85. The molecule has 2 N–H and O–H groups in total. The third-order valence-electron chi connectivity index (χ3n) is 5.09. The molecule has 154 valence electrons. The number of hydrogen-bond acceptors (Lipinski definition) is 5. The van der Waals surface area contributed by atoms with Crippen LogP contribution in [0, 0.1) is 19.7 Å². The number of aromatic amines is 1. The predicted molar refractivity (Wildman–Crippen MR) is 107 cm³/mol. The van der Waals surface area contributed by atoms with E-state index in [4.69, 9.17) is 0 Å². The lowest BCUT2D eigenvalue weighted by atomic mass is 9.94. The van der Waals surface area contributed by atoms with E-state index in [-0.39, 0.29) is 11.3 Å². The number of nitrogens with zero attached hydrogens (tertiary/aromatic N) is 3. The number of aromatic nitrogens is 2. The van der Waals surface area contributed by atoms with E-state index in [2.05, 4.69) is 10.2 Å². The summed E-state index contributed by atoms with van der Waals surface area (Å²) in [6.07, 6.45) is 0.654. The number of benzene rings is 1. The maximum Gasteiger partial charge on any atom is 0.295 e. The van der Waals surface area contributed by atoms with Crippen molar-refractivity contribution in [3.63, 3.8) is 0 Å². The third kappa shape index (κ3) is 3.93. The molecule has 0 bridgehead atoms. The van der Waals surface area contributed by atoms with Crippen LogP contribution in [-0.4, -0.2) is 64.0 Å². The summed E-state index contributed by atoms with van der Waals surface area (Å²) >= 11 is 0. The summed E-state index contributed by atoms with van der Waals surface area (Å²) < 4.78 is 13.5. The molecule has 3 rings (SSSR count). The quantitative estimate of drug-likeness (QED) is 0.442. The van der Waals surface area contributed by atoms with Gasteiger partial charge in [-0.3, -0.25) is 14.7 Å². The SMILES string of the molecule is Cc1n[nH]c(C)c1C(O)=C1C(=O)C(=O)N(CCCN(C)C)C1c1ccc(F)cc1. The molecule has 1 aliphatic rings. The van der Waals surface area contributed by atoms with Crippen molar-refractivity contribution >= 4 is 17.4 Å². The molecule has 1 aromatic carbocycles. The van der Waals surface area contributed by atoms with Gasteiger partial charge in [0.25, 0.3) is 11.7 Å². The van der Waals surface area contributed by atoms with E-state index in [9.17, 15) is 19.1 Å². The number of hydrogen-bond donors (Lipinski definition) is 2. The molecular formula is C21H25FN4O3. The number of amides is 1. The standard InChI is InChI=1S/C21H25FN4O3/c1-12-16(13(2)24-23-12)19(27)17-18(14-6-8-15(22)9-7-14)26(21(29)20(17)28)11-5-10-25(3)4/h6-9,18,27H,5,10-11H2,1-4H3,(H,23,24). The van der Waals surface area contributed by atoms with Crippen LogP contribution in [0.5, 0.6) is 0 Å². The van der Waals surface area contributed by atoms with Crippen molar-refractivity contribution in [2.45, 2.75) is 26.3 Å². The molecule has 1 amide bonds. The molecule has 7 nitrogen and oxygen atoms in total. The van der Waals surface area contributed by atoms with Crippen LogP contribution >= 0.6 is 0 Å². The minimum Gasteiger partial charge on any atom is -0.507 e. The van der Waals surface area contributed by atoms with Gasteiger partial charge in [0, 0.05) is 12.2 Å². The average molecular weight is 400 g/mol. The van der Waals surface area contributed by atoms with E-state index in [1.165, 1.54) is 29.2 Å². The first-order valence-electron chi connectivity index (χ1n) is 9.43. The van der Waals surface area contributed by atoms with E-state index >= 15 is 0 Å². The molecule has 1 aliphatic heterocycles. The predicted octanol–water partition coefficient (Wildman–Crippen LogP) is 2.54. The van der Waals surface area contributed by atoms with Crippen molar-refractivity contribution in [2.75, 3.05) is 27.2 Å². The Morgan fingerprint density at radius 2 is 1.90 bits per heavy atom. The van der Waals surface area contributed by atoms with Crippen LogP contribution in [0.15, 0.2) is 29.8 Å². The second-order valence-electron chi connectivity index (χ2n) is 7.51. The molecule has 8 heteroatoms. The Bertz CT molecular complexity index is 943. The topological polar surface area (TPSA) is 89.5 Å². The maximum absolute atomic E-state index is 13.5. The van der Waals surface area contributed by atoms with E-state index in [0.29, 0.717) is 35.5 Å². The maximum atomic E-state index is 13.5. The smallest absolute Gasteiger partial charge is 0.295 e. The van der Waals surface area contributed by atoms with Gasteiger partial charge in [-0.15, -0.1) is 0 Å². The van der Waals surface area contributed by atoms with Crippen molar-refractivity contribution in [1.82, 2.24) is 20.0 Å². The normalized spacial score (nSPS) is 18.8. The van der Waals surface area contributed by atoms with Gasteiger partial charge in [-0.1, -0.05) is 12.1 Å². The number of aryl methyl sites for hydroxylation is 2. The molecule has 1 atom stereocenters. The summed E-state index contributed by atoms with van der Waals surface area (Å²) in [6, 6.07) is 4.85. The van der Waals surface area contributed by atoms with Crippen molar-refractivity contribution in [3.8, 4) is 0 Å². The van der Waals surface area contributed by atoms with Gasteiger partial charge in [0.2, 0.25) is 0 Å². The zero-order chi connectivity index (χ0) is 21.3. The van der Waals surface area contributed by atoms with Gasteiger partial charge in [0.1, 0.15) is 11.6 Å². The summed E-state index contributed by atoms with van der Waals surface area (Å²) in [6.45, 7) is 4.51. The number of nitrogens with one attached hydrogen (secondary N) is 1. The molecular weight excluding hydrogens is 375 g/mol. The first-order chi connectivity index (χ1) is 13.7. The van der Waals surface area contributed by atoms with Crippen molar-refractivity contribution < 1.29 is 19.1 Å². The van der Waals surface area contributed by atoms with Gasteiger partial charge >= 0.3 is 0 Å². The highest BCUT2D eigenvalue weighted by Gasteiger charge is 2.46. The van der Waals surface area contributed by atoms with Crippen molar-refractivity contribution in [1.29, 1.82) is 0 Å². The summed E-state index contributed by atoms with van der Waals surface area (Å²) in [4.78, 5) is 29.1.